The van der Waals surface area contributed by atoms with E-state index in [2.05, 4.69) is 10.3 Å². The Morgan fingerprint density at radius 3 is 2.84 bits per heavy atom. The lowest BCUT2D eigenvalue weighted by Crippen LogP contribution is -2.35. The summed E-state index contributed by atoms with van der Waals surface area (Å²) in [6.45, 7) is 2.19. The molecule has 5 heteroatoms. The molecular formula is C20H20N2O3. The Morgan fingerprint density at radius 1 is 1.20 bits per heavy atom. The molecule has 3 rings (SSSR count). The van der Waals surface area contributed by atoms with Crippen LogP contribution in [-0.2, 0) is 0 Å². The summed E-state index contributed by atoms with van der Waals surface area (Å²) in [6.07, 6.45) is 0.858. The summed E-state index contributed by atoms with van der Waals surface area (Å²) in [5, 5.41) is 13.7. The van der Waals surface area contributed by atoms with E-state index in [1.165, 1.54) is 0 Å². The molecule has 0 spiro atoms. The molecule has 0 saturated carbocycles. The van der Waals surface area contributed by atoms with Crippen LogP contribution in [0.5, 0.6) is 5.75 Å². The van der Waals surface area contributed by atoms with Crippen LogP contribution in [0.4, 0.5) is 0 Å². The monoisotopic (exact) mass is 336 g/mol. The van der Waals surface area contributed by atoms with E-state index in [-0.39, 0.29) is 19.1 Å². The van der Waals surface area contributed by atoms with Gasteiger partial charge in [0.05, 0.1) is 11.1 Å². The highest BCUT2D eigenvalue weighted by Gasteiger charge is 2.13. The van der Waals surface area contributed by atoms with Gasteiger partial charge in [0.2, 0.25) is 0 Å². The number of carbonyl (C=O) groups is 1. The van der Waals surface area contributed by atoms with Gasteiger partial charge in [0.25, 0.3) is 5.91 Å². The van der Waals surface area contributed by atoms with Crippen LogP contribution in [0, 0.1) is 6.92 Å². The Bertz CT molecular complexity index is 874. The van der Waals surface area contributed by atoms with Crippen molar-refractivity contribution in [3.63, 3.8) is 0 Å². The normalized spacial score (nSPS) is 11.9. The second-order valence-electron chi connectivity index (χ2n) is 5.87. The van der Waals surface area contributed by atoms with Crippen LogP contribution in [-0.4, -0.2) is 35.3 Å². The highest BCUT2D eigenvalue weighted by molar-refractivity contribution is 6.05. The summed E-state index contributed by atoms with van der Waals surface area (Å²) in [4.78, 5) is 16.6. The molecule has 2 N–H and O–H groups in total. The van der Waals surface area contributed by atoms with Crippen LogP contribution in [0.2, 0.25) is 0 Å². The second-order valence-corrected chi connectivity index (χ2v) is 5.87. The number of aliphatic hydroxyl groups excluding tert-OH is 1. The lowest BCUT2D eigenvalue weighted by molar-refractivity contribution is 0.0845. The Morgan fingerprint density at radius 2 is 2.00 bits per heavy atom. The van der Waals surface area contributed by atoms with E-state index in [1.54, 1.807) is 12.3 Å². The molecule has 25 heavy (non-hydrogen) atoms. The molecule has 1 aromatic heterocycles. The quantitative estimate of drug-likeness (QED) is 0.726. The molecule has 128 valence electrons. The minimum absolute atomic E-state index is 0.105. The zero-order valence-corrected chi connectivity index (χ0v) is 14.0. The minimum Gasteiger partial charge on any atom is -0.491 e. The second kappa shape index (κ2) is 7.77. The first-order valence-electron chi connectivity index (χ1n) is 8.13. The molecule has 0 saturated heterocycles. The third kappa shape index (κ3) is 4.33. The number of aromatic nitrogens is 1. The number of aryl methyl sites for hydroxylation is 1. The summed E-state index contributed by atoms with van der Waals surface area (Å²) in [6, 6.07) is 16.8. The molecule has 5 nitrogen and oxygen atoms in total. The molecule has 0 aliphatic carbocycles. The van der Waals surface area contributed by atoms with Gasteiger partial charge in [-0.1, -0.05) is 30.3 Å². The number of hydrogen-bond acceptors (Lipinski definition) is 4. The molecule has 0 fully saturated rings. The minimum atomic E-state index is -0.799. The predicted octanol–water partition coefficient (Wildman–Crippen LogP) is 2.71. The molecule has 0 radical (unpaired) electrons. The lowest BCUT2D eigenvalue weighted by atomic mass is 10.1. The van der Waals surface area contributed by atoms with Crippen LogP contribution < -0.4 is 10.1 Å². The average Bonchev–Trinajstić information content (AvgIpc) is 2.64. The number of amides is 1. The van der Waals surface area contributed by atoms with E-state index in [4.69, 9.17) is 4.74 Å². The standard InChI is InChI=1S/C20H20N2O3/c1-14-5-2-8-17(11-14)25-13-16(23)12-22-20(24)18-9-3-6-15-7-4-10-21-19(15)18/h2-11,16,23H,12-13H2,1H3,(H,22,24)/t16-/m1/s1. The van der Waals surface area contributed by atoms with E-state index < -0.39 is 6.10 Å². The summed E-state index contributed by atoms with van der Waals surface area (Å²) >= 11 is 0. The zero-order chi connectivity index (χ0) is 17.6. The smallest absolute Gasteiger partial charge is 0.253 e. The molecular weight excluding hydrogens is 316 g/mol. The predicted molar refractivity (Wildman–Crippen MR) is 96.8 cm³/mol. The summed E-state index contributed by atoms with van der Waals surface area (Å²) in [7, 11) is 0. The van der Waals surface area contributed by atoms with Crippen molar-refractivity contribution in [2.75, 3.05) is 13.2 Å². The van der Waals surface area contributed by atoms with Crippen molar-refractivity contribution in [3.8, 4) is 5.75 Å². The van der Waals surface area contributed by atoms with E-state index in [1.807, 2.05) is 55.5 Å². The largest absolute Gasteiger partial charge is 0.491 e. The van der Waals surface area contributed by atoms with Gasteiger partial charge in [-0.25, -0.2) is 0 Å². The van der Waals surface area contributed by atoms with E-state index in [0.29, 0.717) is 16.8 Å². The van der Waals surface area contributed by atoms with Crippen molar-refractivity contribution in [3.05, 3.63) is 71.9 Å². The van der Waals surface area contributed by atoms with Crippen LogP contribution in [0.25, 0.3) is 10.9 Å². The van der Waals surface area contributed by atoms with Crippen molar-refractivity contribution in [1.29, 1.82) is 0 Å². The Balaban J connectivity index is 1.56. The molecule has 0 aliphatic heterocycles. The number of rotatable bonds is 6. The Kier molecular flexibility index (Phi) is 5.26. The zero-order valence-electron chi connectivity index (χ0n) is 14.0. The van der Waals surface area contributed by atoms with Gasteiger partial charge < -0.3 is 15.2 Å². The van der Waals surface area contributed by atoms with E-state index in [0.717, 1.165) is 10.9 Å². The molecule has 0 aliphatic rings. The number of benzene rings is 2. The highest BCUT2D eigenvalue weighted by atomic mass is 16.5. The molecule has 0 unspecified atom stereocenters. The third-order valence-electron chi connectivity index (χ3n) is 3.81. The molecule has 1 heterocycles. The van der Waals surface area contributed by atoms with Crippen molar-refractivity contribution in [2.45, 2.75) is 13.0 Å². The van der Waals surface area contributed by atoms with Gasteiger partial charge in [0, 0.05) is 18.1 Å². The average molecular weight is 336 g/mol. The number of nitrogens with zero attached hydrogens (tertiary/aromatic N) is 1. The molecule has 1 atom stereocenters. The fourth-order valence-corrected chi connectivity index (χ4v) is 2.55. The first kappa shape index (κ1) is 16.9. The number of carbonyl (C=O) groups excluding carboxylic acids is 1. The van der Waals surface area contributed by atoms with Crippen LogP contribution in [0.3, 0.4) is 0 Å². The van der Waals surface area contributed by atoms with E-state index in [9.17, 15) is 9.90 Å². The number of para-hydroxylation sites is 1. The Labute approximate surface area is 146 Å². The molecule has 3 aromatic rings. The van der Waals surface area contributed by atoms with Crippen molar-refractivity contribution < 1.29 is 14.6 Å². The highest BCUT2D eigenvalue weighted by Crippen LogP contribution is 2.16. The number of nitrogens with one attached hydrogen (secondary N) is 1. The summed E-state index contributed by atoms with van der Waals surface area (Å²) in [5.74, 6) is 0.433. The SMILES string of the molecule is Cc1cccc(OC[C@H](O)CNC(=O)c2cccc3cccnc23)c1. The van der Waals surface area contributed by atoms with Gasteiger partial charge in [-0.2, -0.15) is 0 Å². The van der Waals surface area contributed by atoms with Crippen molar-refractivity contribution in [1.82, 2.24) is 10.3 Å². The van der Waals surface area contributed by atoms with E-state index >= 15 is 0 Å². The number of pyridine rings is 1. The fraction of sp³-hybridized carbons (Fsp3) is 0.200. The summed E-state index contributed by atoms with van der Waals surface area (Å²) < 4.78 is 5.54. The van der Waals surface area contributed by atoms with Crippen LogP contribution in [0.15, 0.2) is 60.8 Å². The van der Waals surface area contributed by atoms with Gasteiger partial charge >= 0.3 is 0 Å². The maximum absolute atomic E-state index is 12.4. The molecule has 0 bridgehead atoms. The number of fused-ring (bicyclic) bond motifs is 1. The topological polar surface area (TPSA) is 71.5 Å². The van der Waals surface area contributed by atoms with Crippen molar-refractivity contribution >= 4 is 16.8 Å². The number of aliphatic hydroxyl groups is 1. The number of hydrogen-bond donors (Lipinski definition) is 2. The van der Waals surface area contributed by atoms with Crippen LogP contribution in [0.1, 0.15) is 15.9 Å². The molecule has 1 amide bonds. The molecule has 2 aromatic carbocycles. The summed E-state index contributed by atoms with van der Waals surface area (Å²) in [5.41, 5.74) is 2.22. The third-order valence-corrected chi connectivity index (χ3v) is 3.81. The fourth-order valence-electron chi connectivity index (χ4n) is 2.55. The number of ether oxygens (including phenoxy) is 1. The van der Waals surface area contributed by atoms with Gasteiger partial charge in [0.1, 0.15) is 18.5 Å². The first-order valence-corrected chi connectivity index (χ1v) is 8.13. The maximum Gasteiger partial charge on any atom is 0.253 e. The van der Waals surface area contributed by atoms with Crippen molar-refractivity contribution in [2.24, 2.45) is 0 Å². The first-order chi connectivity index (χ1) is 12.1. The van der Waals surface area contributed by atoms with Gasteiger partial charge in [0.15, 0.2) is 0 Å². The van der Waals surface area contributed by atoms with Crippen LogP contribution >= 0.6 is 0 Å². The van der Waals surface area contributed by atoms with Gasteiger partial charge in [-0.05, 0) is 36.8 Å². The lowest BCUT2D eigenvalue weighted by Gasteiger charge is -2.14. The maximum atomic E-state index is 12.4. The Hall–Kier alpha value is -2.92. The van der Waals surface area contributed by atoms with Gasteiger partial charge in [-0.3, -0.25) is 9.78 Å². The van der Waals surface area contributed by atoms with Gasteiger partial charge in [-0.15, -0.1) is 0 Å².